The lowest BCUT2D eigenvalue weighted by Crippen LogP contribution is -2.26. The molecule has 0 fully saturated rings. The third kappa shape index (κ3) is 2.34. The van der Waals surface area contributed by atoms with Crippen LogP contribution >= 0.6 is 11.3 Å². The molecule has 0 saturated carbocycles. The second-order valence-corrected chi connectivity index (χ2v) is 6.43. The van der Waals surface area contributed by atoms with Crippen molar-refractivity contribution in [2.24, 2.45) is 5.41 Å². The van der Waals surface area contributed by atoms with Gasteiger partial charge in [-0.15, -0.1) is 11.3 Å². The fourth-order valence-electron chi connectivity index (χ4n) is 1.81. The first-order valence-corrected chi connectivity index (χ1v) is 6.56. The second-order valence-electron chi connectivity index (χ2n) is 5.32. The molecule has 0 aliphatic heterocycles. The Bertz CT molecular complexity index is 596. The van der Waals surface area contributed by atoms with Crippen LogP contribution in [0.3, 0.4) is 0 Å². The first kappa shape index (κ1) is 13.3. The molecule has 0 atom stereocenters. The van der Waals surface area contributed by atoms with E-state index in [9.17, 15) is 14.8 Å². The molecule has 1 aromatic heterocycles. The molecule has 0 bridgehead atoms. The molecule has 2 rings (SSSR count). The van der Waals surface area contributed by atoms with E-state index < -0.39 is 12.5 Å². The van der Waals surface area contributed by atoms with E-state index in [0.717, 1.165) is 10.1 Å². The molecule has 0 spiro atoms. The zero-order valence-electron chi connectivity index (χ0n) is 10.6. The monoisotopic (exact) mass is 262 g/mol. The maximum Gasteiger partial charge on any atom is 0.499 e. The van der Waals surface area contributed by atoms with Crippen LogP contribution in [0, 0.1) is 5.41 Å². The van der Waals surface area contributed by atoms with Gasteiger partial charge in [0.1, 0.15) is 0 Å². The molecule has 0 radical (unpaired) electrons. The van der Waals surface area contributed by atoms with Crippen molar-refractivity contribution < 1.29 is 14.8 Å². The Morgan fingerprint density at radius 2 is 1.94 bits per heavy atom. The van der Waals surface area contributed by atoms with Crippen LogP contribution in [0.4, 0.5) is 0 Å². The Kier molecular flexibility index (Phi) is 3.32. The second kappa shape index (κ2) is 4.50. The van der Waals surface area contributed by atoms with E-state index in [-0.39, 0.29) is 5.78 Å². The Labute approximate surface area is 110 Å². The van der Waals surface area contributed by atoms with Crippen LogP contribution in [0.15, 0.2) is 24.3 Å². The van der Waals surface area contributed by atoms with E-state index in [1.54, 1.807) is 12.1 Å². The van der Waals surface area contributed by atoms with Crippen LogP contribution < -0.4 is 4.78 Å². The maximum atomic E-state index is 12.3. The smallest absolute Gasteiger partial charge is 0.423 e. The first-order chi connectivity index (χ1) is 8.30. The summed E-state index contributed by atoms with van der Waals surface area (Å²) in [5.74, 6) is 0.0601. The lowest BCUT2D eigenvalue weighted by atomic mass is 9.84. The van der Waals surface area contributed by atoms with Crippen molar-refractivity contribution in [2.45, 2.75) is 20.8 Å². The predicted molar refractivity (Wildman–Crippen MR) is 75.4 cm³/mol. The molecule has 2 N–H and O–H groups in total. The van der Waals surface area contributed by atoms with Crippen molar-refractivity contribution in [3.63, 3.8) is 0 Å². The standard InChI is InChI=1S/C13H15BO3S/c1-13(2,3)12(15)8-5-4-6-10-9(8)7-11(18-10)14(16)17/h4-7,16-17H,1-3H3. The average Bonchev–Trinajstić information content (AvgIpc) is 2.70. The molecule has 94 valence electrons. The summed E-state index contributed by atoms with van der Waals surface area (Å²) in [7, 11) is -1.49. The lowest BCUT2D eigenvalue weighted by molar-refractivity contribution is 0.0860. The van der Waals surface area contributed by atoms with Gasteiger partial charge in [0.05, 0.1) is 0 Å². The molecule has 0 saturated heterocycles. The van der Waals surface area contributed by atoms with E-state index in [1.165, 1.54) is 11.3 Å². The lowest BCUT2D eigenvalue weighted by Gasteiger charge is -2.17. The van der Waals surface area contributed by atoms with E-state index in [1.807, 2.05) is 32.9 Å². The molecule has 0 unspecified atom stereocenters. The fraction of sp³-hybridized carbons (Fsp3) is 0.308. The Morgan fingerprint density at radius 3 is 2.50 bits per heavy atom. The number of thiophene rings is 1. The van der Waals surface area contributed by atoms with Gasteiger partial charge in [-0.05, 0) is 12.1 Å². The number of carbonyl (C=O) groups is 1. The van der Waals surface area contributed by atoms with Gasteiger partial charge in [0.15, 0.2) is 5.78 Å². The molecule has 0 amide bonds. The van der Waals surface area contributed by atoms with Gasteiger partial charge in [0, 0.05) is 25.8 Å². The summed E-state index contributed by atoms with van der Waals surface area (Å²) in [6.07, 6.45) is 0. The highest BCUT2D eigenvalue weighted by molar-refractivity contribution is 7.27. The zero-order valence-corrected chi connectivity index (χ0v) is 11.4. The van der Waals surface area contributed by atoms with E-state index in [0.29, 0.717) is 10.3 Å². The van der Waals surface area contributed by atoms with Crippen LogP contribution in [0.25, 0.3) is 10.1 Å². The average molecular weight is 262 g/mol. The van der Waals surface area contributed by atoms with Crippen LogP contribution in [0.2, 0.25) is 0 Å². The highest BCUT2D eigenvalue weighted by atomic mass is 32.1. The molecule has 2 aromatic rings. The van der Waals surface area contributed by atoms with Crippen molar-refractivity contribution in [1.82, 2.24) is 0 Å². The maximum absolute atomic E-state index is 12.3. The van der Waals surface area contributed by atoms with Gasteiger partial charge in [-0.25, -0.2) is 0 Å². The molecule has 3 nitrogen and oxygen atoms in total. The number of rotatable bonds is 2. The third-order valence-electron chi connectivity index (χ3n) is 2.76. The predicted octanol–water partition coefficient (Wildman–Crippen LogP) is 1.81. The van der Waals surface area contributed by atoms with Crippen LogP contribution in [0.5, 0.6) is 0 Å². The van der Waals surface area contributed by atoms with Gasteiger partial charge >= 0.3 is 7.12 Å². The summed E-state index contributed by atoms with van der Waals surface area (Å²) in [5, 5.41) is 19.2. The van der Waals surface area contributed by atoms with Gasteiger partial charge in [-0.3, -0.25) is 4.79 Å². The summed E-state index contributed by atoms with van der Waals surface area (Å²) in [6.45, 7) is 5.63. The van der Waals surface area contributed by atoms with Crippen molar-refractivity contribution in [2.75, 3.05) is 0 Å². The van der Waals surface area contributed by atoms with Crippen LogP contribution in [0.1, 0.15) is 31.1 Å². The molecule has 1 heterocycles. The third-order valence-corrected chi connectivity index (χ3v) is 3.90. The Balaban J connectivity index is 2.62. The summed E-state index contributed by atoms with van der Waals surface area (Å²) in [6, 6.07) is 7.18. The molecule has 18 heavy (non-hydrogen) atoms. The van der Waals surface area contributed by atoms with Crippen molar-refractivity contribution in [3.05, 3.63) is 29.8 Å². The van der Waals surface area contributed by atoms with Gasteiger partial charge < -0.3 is 10.0 Å². The Morgan fingerprint density at radius 1 is 1.28 bits per heavy atom. The minimum Gasteiger partial charge on any atom is -0.423 e. The zero-order chi connectivity index (χ0) is 13.5. The molecule has 5 heteroatoms. The molecule has 1 aromatic carbocycles. The van der Waals surface area contributed by atoms with Crippen molar-refractivity contribution in [3.8, 4) is 0 Å². The summed E-state index contributed by atoms with van der Waals surface area (Å²) in [5.41, 5.74) is 0.192. The largest absolute Gasteiger partial charge is 0.499 e. The van der Waals surface area contributed by atoms with Gasteiger partial charge in [0.25, 0.3) is 0 Å². The normalized spacial score (nSPS) is 11.8. The number of benzene rings is 1. The highest BCUT2D eigenvalue weighted by Crippen LogP contribution is 2.28. The van der Waals surface area contributed by atoms with Crippen LogP contribution in [-0.4, -0.2) is 22.9 Å². The minimum absolute atomic E-state index is 0.0601. The van der Waals surface area contributed by atoms with Gasteiger partial charge in [-0.2, -0.15) is 0 Å². The van der Waals surface area contributed by atoms with Crippen molar-refractivity contribution >= 4 is 39.1 Å². The molecule has 0 aliphatic carbocycles. The number of hydrogen-bond acceptors (Lipinski definition) is 4. The van der Waals surface area contributed by atoms with E-state index >= 15 is 0 Å². The summed E-state index contributed by atoms with van der Waals surface area (Å²) >= 11 is 1.30. The molecular formula is C13H15BO3S. The quantitative estimate of drug-likeness (QED) is 0.641. The fourth-order valence-corrected chi connectivity index (χ4v) is 2.77. The number of Topliss-reactive ketones (excluding diaryl/α,β-unsaturated/α-hetero) is 1. The summed E-state index contributed by atoms with van der Waals surface area (Å²) < 4.78 is 1.35. The Hall–Kier alpha value is -1.17. The SMILES string of the molecule is CC(C)(C)C(=O)c1cccc2sc(B(O)O)cc12. The van der Waals surface area contributed by atoms with Gasteiger partial charge in [0.2, 0.25) is 0 Å². The number of ketones is 1. The summed E-state index contributed by atoms with van der Waals surface area (Å²) in [4.78, 5) is 12.3. The van der Waals surface area contributed by atoms with Crippen LogP contribution in [-0.2, 0) is 0 Å². The first-order valence-electron chi connectivity index (χ1n) is 5.74. The number of hydrogen-bond donors (Lipinski definition) is 2. The number of fused-ring (bicyclic) bond motifs is 1. The van der Waals surface area contributed by atoms with E-state index in [2.05, 4.69) is 0 Å². The highest BCUT2D eigenvalue weighted by Gasteiger charge is 2.25. The van der Waals surface area contributed by atoms with E-state index in [4.69, 9.17) is 0 Å². The van der Waals surface area contributed by atoms with Crippen molar-refractivity contribution in [1.29, 1.82) is 0 Å². The van der Waals surface area contributed by atoms with Gasteiger partial charge in [-0.1, -0.05) is 32.9 Å². The molecule has 0 aliphatic rings. The number of carbonyl (C=O) groups excluding carboxylic acids is 1. The topological polar surface area (TPSA) is 57.5 Å². The minimum atomic E-state index is -1.49. The molecular weight excluding hydrogens is 247 g/mol.